The number of fused-ring (bicyclic) bond motifs is 1. The van der Waals surface area contributed by atoms with Crippen molar-refractivity contribution in [3.63, 3.8) is 0 Å². The molecule has 2 aliphatic rings. The van der Waals surface area contributed by atoms with Crippen molar-refractivity contribution in [2.24, 2.45) is 0 Å². The Bertz CT molecular complexity index is 897. The standard InChI is InChI=1S/C20H19FN2O3/c1-26-18-9-12(4-7-16(18)21)15-11-19(24)22-17-10-13(5-6-14(15)17)23-8-2-3-20(23)25/h4-7,9-10,15H,2-3,8,11H2,1H3,(H,22,24). The Morgan fingerprint density at radius 2 is 2.04 bits per heavy atom. The first-order chi connectivity index (χ1) is 12.6. The number of anilines is 2. The molecule has 134 valence electrons. The number of rotatable bonds is 3. The minimum Gasteiger partial charge on any atom is -0.494 e. The number of carbonyl (C=O) groups is 2. The molecule has 6 heteroatoms. The molecule has 2 aliphatic heterocycles. The first-order valence-corrected chi connectivity index (χ1v) is 8.64. The zero-order valence-corrected chi connectivity index (χ0v) is 14.4. The van der Waals surface area contributed by atoms with Crippen LogP contribution in [0.4, 0.5) is 15.8 Å². The van der Waals surface area contributed by atoms with E-state index in [1.54, 1.807) is 17.0 Å². The summed E-state index contributed by atoms with van der Waals surface area (Å²) in [6.45, 7) is 0.699. The first-order valence-electron chi connectivity index (χ1n) is 8.64. The minimum absolute atomic E-state index is 0.101. The van der Waals surface area contributed by atoms with E-state index in [-0.39, 0.29) is 29.9 Å². The number of ether oxygens (including phenoxy) is 1. The van der Waals surface area contributed by atoms with Gasteiger partial charge in [0.1, 0.15) is 0 Å². The predicted octanol–water partition coefficient (Wildman–Crippen LogP) is 3.44. The van der Waals surface area contributed by atoms with Crippen molar-refractivity contribution in [3.05, 3.63) is 53.3 Å². The van der Waals surface area contributed by atoms with Gasteiger partial charge >= 0.3 is 0 Å². The molecular weight excluding hydrogens is 335 g/mol. The Kier molecular flexibility index (Phi) is 4.11. The van der Waals surface area contributed by atoms with Gasteiger partial charge in [0.15, 0.2) is 11.6 Å². The number of hydrogen-bond donors (Lipinski definition) is 1. The Hall–Kier alpha value is -2.89. The molecule has 2 aromatic carbocycles. The molecule has 26 heavy (non-hydrogen) atoms. The Morgan fingerprint density at radius 1 is 1.19 bits per heavy atom. The highest BCUT2D eigenvalue weighted by atomic mass is 19.1. The van der Waals surface area contributed by atoms with Gasteiger partial charge < -0.3 is 15.0 Å². The van der Waals surface area contributed by atoms with Gasteiger partial charge in [-0.1, -0.05) is 12.1 Å². The van der Waals surface area contributed by atoms with Gasteiger partial charge in [0.2, 0.25) is 11.8 Å². The maximum Gasteiger partial charge on any atom is 0.227 e. The van der Waals surface area contributed by atoms with E-state index in [0.717, 1.165) is 23.2 Å². The van der Waals surface area contributed by atoms with Crippen molar-refractivity contribution < 1.29 is 18.7 Å². The van der Waals surface area contributed by atoms with Gasteiger partial charge in [0.25, 0.3) is 0 Å². The molecule has 2 heterocycles. The van der Waals surface area contributed by atoms with Gasteiger partial charge in [-0.05, 0) is 41.8 Å². The maximum atomic E-state index is 13.7. The molecule has 0 spiro atoms. The number of carbonyl (C=O) groups excluding carboxylic acids is 2. The third-order valence-electron chi connectivity index (χ3n) is 5.04. The van der Waals surface area contributed by atoms with Gasteiger partial charge in [0.05, 0.1) is 7.11 Å². The topological polar surface area (TPSA) is 58.6 Å². The van der Waals surface area contributed by atoms with Crippen molar-refractivity contribution in [3.8, 4) is 5.75 Å². The highest BCUT2D eigenvalue weighted by molar-refractivity contribution is 5.99. The molecule has 0 bridgehead atoms. The lowest BCUT2D eigenvalue weighted by Gasteiger charge is -2.28. The van der Waals surface area contributed by atoms with E-state index in [1.807, 2.05) is 18.2 Å². The maximum absolute atomic E-state index is 13.7. The second kappa shape index (κ2) is 6.44. The third-order valence-corrected chi connectivity index (χ3v) is 5.04. The minimum atomic E-state index is -0.431. The molecule has 1 unspecified atom stereocenters. The van der Waals surface area contributed by atoms with Crippen LogP contribution in [0.2, 0.25) is 0 Å². The van der Waals surface area contributed by atoms with E-state index < -0.39 is 5.82 Å². The van der Waals surface area contributed by atoms with E-state index in [9.17, 15) is 14.0 Å². The summed E-state index contributed by atoms with van der Waals surface area (Å²) in [5.41, 5.74) is 3.27. The monoisotopic (exact) mass is 354 g/mol. The summed E-state index contributed by atoms with van der Waals surface area (Å²) >= 11 is 0. The van der Waals surface area contributed by atoms with Gasteiger partial charge in [-0.15, -0.1) is 0 Å². The van der Waals surface area contributed by atoms with Crippen molar-refractivity contribution in [1.29, 1.82) is 0 Å². The molecule has 0 aromatic heterocycles. The van der Waals surface area contributed by atoms with Crippen LogP contribution in [-0.2, 0) is 9.59 Å². The lowest BCUT2D eigenvalue weighted by atomic mass is 9.84. The quantitative estimate of drug-likeness (QED) is 0.919. The molecule has 0 radical (unpaired) electrons. The van der Waals surface area contributed by atoms with Crippen LogP contribution < -0.4 is 15.0 Å². The fourth-order valence-corrected chi connectivity index (χ4v) is 3.73. The normalized spacial score (nSPS) is 19.3. The molecule has 4 rings (SSSR count). The summed E-state index contributed by atoms with van der Waals surface area (Å²) in [6, 6.07) is 10.4. The molecule has 0 aliphatic carbocycles. The summed E-state index contributed by atoms with van der Waals surface area (Å²) in [5, 5.41) is 2.90. The fourth-order valence-electron chi connectivity index (χ4n) is 3.73. The van der Waals surface area contributed by atoms with Crippen molar-refractivity contribution in [2.45, 2.75) is 25.2 Å². The number of nitrogens with one attached hydrogen (secondary N) is 1. The van der Waals surface area contributed by atoms with Crippen LogP contribution in [0.1, 0.15) is 36.3 Å². The average molecular weight is 354 g/mol. The second-order valence-corrected chi connectivity index (χ2v) is 6.62. The lowest BCUT2D eigenvalue weighted by Crippen LogP contribution is -2.26. The van der Waals surface area contributed by atoms with Gasteiger partial charge in [0, 0.05) is 36.7 Å². The number of nitrogens with zero attached hydrogens (tertiary/aromatic N) is 1. The van der Waals surface area contributed by atoms with E-state index >= 15 is 0 Å². The van der Waals surface area contributed by atoms with Crippen LogP contribution in [0.15, 0.2) is 36.4 Å². The lowest BCUT2D eigenvalue weighted by molar-refractivity contribution is -0.117. The highest BCUT2D eigenvalue weighted by Gasteiger charge is 2.29. The second-order valence-electron chi connectivity index (χ2n) is 6.62. The van der Waals surface area contributed by atoms with Crippen LogP contribution in [-0.4, -0.2) is 25.5 Å². The SMILES string of the molecule is COc1cc(C2CC(=O)Nc3cc(N4CCCC4=O)ccc32)ccc1F. The Labute approximate surface area is 150 Å². The molecule has 1 saturated heterocycles. The zero-order valence-electron chi connectivity index (χ0n) is 14.4. The summed E-state index contributed by atoms with van der Waals surface area (Å²) in [6.07, 6.45) is 1.69. The molecule has 1 N–H and O–H groups in total. The highest BCUT2D eigenvalue weighted by Crippen LogP contribution is 2.40. The molecule has 1 atom stereocenters. The molecule has 0 saturated carbocycles. The van der Waals surface area contributed by atoms with Crippen LogP contribution in [0.5, 0.6) is 5.75 Å². The van der Waals surface area contributed by atoms with Crippen LogP contribution in [0.3, 0.4) is 0 Å². The summed E-state index contributed by atoms with van der Waals surface area (Å²) in [4.78, 5) is 26.0. The molecule has 1 fully saturated rings. The smallest absolute Gasteiger partial charge is 0.227 e. The first kappa shape index (κ1) is 16.6. The van der Waals surface area contributed by atoms with Crippen molar-refractivity contribution in [1.82, 2.24) is 0 Å². The van der Waals surface area contributed by atoms with Gasteiger partial charge in [-0.2, -0.15) is 0 Å². The van der Waals surface area contributed by atoms with Crippen LogP contribution in [0, 0.1) is 5.82 Å². The number of hydrogen-bond acceptors (Lipinski definition) is 3. The van der Waals surface area contributed by atoms with Gasteiger partial charge in [-0.3, -0.25) is 9.59 Å². The molecular formula is C20H19FN2O3. The van der Waals surface area contributed by atoms with Crippen molar-refractivity contribution in [2.75, 3.05) is 23.9 Å². The summed E-state index contributed by atoms with van der Waals surface area (Å²) < 4.78 is 18.8. The van der Waals surface area contributed by atoms with E-state index in [1.165, 1.54) is 13.2 Å². The van der Waals surface area contributed by atoms with E-state index in [0.29, 0.717) is 18.7 Å². The van der Waals surface area contributed by atoms with Gasteiger partial charge in [-0.25, -0.2) is 4.39 Å². The Balaban J connectivity index is 1.74. The predicted molar refractivity (Wildman–Crippen MR) is 96.1 cm³/mol. The number of halogens is 1. The molecule has 2 aromatic rings. The van der Waals surface area contributed by atoms with Crippen LogP contribution in [0.25, 0.3) is 0 Å². The van der Waals surface area contributed by atoms with Crippen molar-refractivity contribution >= 4 is 23.2 Å². The number of amides is 2. The van der Waals surface area contributed by atoms with E-state index in [4.69, 9.17) is 4.74 Å². The zero-order chi connectivity index (χ0) is 18.3. The summed E-state index contributed by atoms with van der Waals surface area (Å²) in [7, 11) is 1.42. The van der Waals surface area contributed by atoms with E-state index in [2.05, 4.69) is 5.32 Å². The molecule has 2 amide bonds. The van der Waals surface area contributed by atoms with Crippen LogP contribution >= 0.6 is 0 Å². The number of methoxy groups -OCH3 is 1. The molecule has 5 nitrogen and oxygen atoms in total. The largest absolute Gasteiger partial charge is 0.494 e. The third kappa shape index (κ3) is 2.81. The average Bonchev–Trinajstić information content (AvgIpc) is 3.07. The summed E-state index contributed by atoms with van der Waals surface area (Å²) in [5.74, 6) is -0.451. The Morgan fingerprint density at radius 3 is 2.77 bits per heavy atom. The number of benzene rings is 2. The fraction of sp³-hybridized carbons (Fsp3) is 0.300.